The molecule has 0 aromatic carbocycles. The van der Waals surface area contributed by atoms with E-state index in [9.17, 15) is 9.59 Å². The van der Waals surface area contributed by atoms with Crippen LogP contribution in [0.25, 0.3) is 0 Å². The molecule has 1 rings (SSSR count). The average molecular weight is 292 g/mol. The Balaban J connectivity index is 0.00000324. The molecular formula is C13H26ClN3O2. The van der Waals surface area contributed by atoms with Gasteiger partial charge in [-0.25, -0.2) is 0 Å². The van der Waals surface area contributed by atoms with Crippen molar-refractivity contribution in [3.63, 3.8) is 0 Å². The van der Waals surface area contributed by atoms with Crippen LogP contribution in [0.15, 0.2) is 0 Å². The van der Waals surface area contributed by atoms with Crippen LogP contribution in [0.2, 0.25) is 0 Å². The van der Waals surface area contributed by atoms with Crippen LogP contribution in [0.5, 0.6) is 0 Å². The van der Waals surface area contributed by atoms with Crippen molar-refractivity contribution in [3.8, 4) is 0 Å². The molecule has 1 N–H and O–H groups in total. The Morgan fingerprint density at radius 2 is 1.84 bits per heavy atom. The van der Waals surface area contributed by atoms with E-state index in [0.717, 1.165) is 13.0 Å². The zero-order valence-corrected chi connectivity index (χ0v) is 13.2. The molecule has 6 heteroatoms. The van der Waals surface area contributed by atoms with Crippen LogP contribution in [-0.4, -0.2) is 61.4 Å². The molecule has 0 bridgehead atoms. The van der Waals surface area contributed by atoms with Crippen LogP contribution >= 0.6 is 12.4 Å². The van der Waals surface area contributed by atoms with E-state index in [-0.39, 0.29) is 36.2 Å². The molecule has 2 amide bonds. The number of amides is 2. The Bertz CT molecular complexity index is 313. The monoisotopic (exact) mass is 291 g/mol. The first-order chi connectivity index (χ1) is 8.44. The number of nitrogens with one attached hydrogen (secondary N) is 1. The fraction of sp³-hybridized carbons (Fsp3) is 0.846. The lowest BCUT2D eigenvalue weighted by molar-refractivity contribution is -0.144. The van der Waals surface area contributed by atoms with E-state index >= 15 is 0 Å². The molecule has 19 heavy (non-hydrogen) atoms. The van der Waals surface area contributed by atoms with Crippen LogP contribution in [0, 0.1) is 5.41 Å². The molecule has 5 nitrogen and oxygen atoms in total. The maximum atomic E-state index is 12.3. The van der Waals surface area contributed by atoms with Crippen LogP contribution in [-0.2, 0) is 9.59 Å². The molecule has 1 aliphatic heterocycles. The fourth-order valence-corrected chi connectivity index (χ4v) is 2.41. The van der Waals surface area contributed by atoms with Crippen molar-refractivity contribution in [1.82, 2.24) is 15.1 Å². The predicted octanol–water partition coefficient (Wildman–Crippen LogP) is 0.735. The molecule has 1 aliphatic rings. The quantitative estimate of drug-likeness (QED) is 0.813. The number of carbonyl (C=O) groups excluding carboxylic acids is 2. The molecule has 1 heterocycles. The molecule has 1 atom stereocenters. The Kier molecular flexibility index (Phi) is 7.37. The molecule has 0 saturated carbocycles. The van der Waals surface area contributed by atoms with Gasteiger partial charge in [0.1, 0.15) is 0 Å². The second-order valence-electron chi connectivity index (χ2n) is 5.21. The van der Waals surface area contributed by atoms with Gasteiger partial charge in [-0.15, -0.1) is 12.4 Å². The normalized spacial score (nSPS) is 21.7. The van der Waals surface area contributed by atoms with Gasteiger partial charge in [-0.1, -0.05) is 0 Å². The summed E-state index contributed by atoms with van der Waals surface area (Å²) in [5.74, 6) is 0.0819. The van der Waals surface area contributed by atoms with Gasteiger partial charge in [0.05, 0.1) is 12.0 Å². The third-order valence-corrected chi connectivity index (χ3v) is 3.72. The number of hydrogen-bond donors (Lipinski definition) is 1. The highest BCUT2D eigenvalue weighted by molar-refractivity contribution is 5.88. The third-order valence-electron chi connectivity index (χ3n) is 3.72. The average Bonchev–Trinajstić information content (AvgIpc) is 2.78. The van der Waals surface area contributed by atoms with Gasteiger partial charge in [-0.05, 0) is 33.7 Å². The van der Waals surface area contributed by atoms with Gasteiger partial charge in [0, 0.05) is 26.7 Å². The molecule has 0 aromatic rings. The Hall–Kier alpha value is -0.810. The molecular weight excluding hydrogens is 266 g/mol. The third kappa shape index (κ3) is 4.35. The number of nitrogens with zero attached hydrogens (tertiary/aromatic N) is 2. The fourth-order valence-electron chi connectivity index (χ4n) is 2.41. The first kappa shape index (κ1) is 18.2. The van der Waals surface area contributed by atoms with Gasteiger partial charge in [0.15, 0.2) is 0 Å². The minimum atomic E-state index is -0.349. The maximum absolute atomic E-state index is 12.3. The van der Waals surface area contributed by atoms with Crippen LogP contribution in [0.3, 0.4) is 0 Å². The second kappa shape index (κ2) is 7.70. The van der Waals surface area contributed by atoms with Crippen molar-refractivity contribution in [2.75, 3.05) is 39.8 Å². The number of carbonyl (C=O) groups is 2. The second-order valence-corrected chi connectivity index (χ2v) is 5.21. The summed E-state index contributed by atoms with van der Waals surface area (Å²) in [5.41, 5.74) is -0.349. The van der Waals surface area contributed by atoms with E-state index in [0.29, 0.717) is 19.6 Å². The summed E-state index contributed by atoms with van der Waals surface area (Å²) >= 11 is 0. The van der Waals surface area contributed by atoms with E-state index in [1.807, 2.05) is 20.8 Å². The predicted molar refractivity (Wildman–Crippen MR) is 78.4 cm³/mol. The first-order valence-electron chi connectivity index (χ1n) is 6.68. The summed E-state index contributed by atoms with van der Waals surface area (Å²) in [6.07, 6.45) is 0.843. The standard InChI is InChI=1S/C13H25N3O2.ClH/c1-5-16(6-2)11(17)9-15(4)12(18)13(3)7-8-14-10-13;/h14H,5-10H2,1-4H3;1H. The summed E-state index contributed by atoms with van der Waals surface area (Å²) in [6.45, 7) is 9.00. The van der Waals surface area contributed by atoms with E-state index in [2.05, 4.69) is 5.32 Å². The highest BCUT2D eigenvalue weighted by Crippen LogP contribution is 2.26. The van der Waals surface area contributed by atoms with E-state index < -0.39 is 0 Å². The zero-order chi connectivity index (χ0) is 13.8. The lowest BCUT2D eigenvalue weighted by atomic mass is 9.88. The topological polar surface area (TPSA) is 52.7 Å². The van der Waals surface area contributed by atoms with Crippen LogP contribution in [0.1, 0.15) is 27.2 Å². The summed E-state index contributed by atoms with van der Waals surface area (Å²) in [6, 6.07) is 0. The van der Waals surface area contributed by atoms with Crippen LogP contribution < -0.4 is 5.32 Å². The Morgan fingerprint density at radius 1 is 1.26 bits per heavy atom. The lowest BCUT2D eigenvalue weighted by Gasteiger charge is -2.29. The summed E-state index contributed by atoms with van der Waals surface area (Å²) in [7, 11) is 1.72. The summed E-state index contributed by atoms with van der Waals surface area (Å²) in [5, 5.41) is 3.20. The molecule has 1 unspecified atom stereocenters. The number of rotatable bonds is 5. The molecule has 0 spiro atoms. The van der Waals surface area contributed by atoms with Crippen molar-refractivity contribution in [2.24, 2.45) is 5.41 Å². The van der Waals surface area contributed by atoms with E-state index in [1.165, 1.54) is 0 Å². The van der Waals surface area contributed by atoms with Crippen molar-refractivity contribution < 1.29 is 9.59 Å². The maximum Gasteiger partial charge on any atom is 0.242 e. The van der Waals surface area contributed by atoms with Gasteiger partial charge < -0.3 is 15.1 Å². The lowest BCUT2D eigenvalue weighted by Crippen LogP contribution is -2.46. The highest BCUT2D eigenvalue weighted by Gasteiger charge is 2.38. The van der Waals surface area contributed by atoms with Gasteiger partial charge in [-0.3, -0.25) is 9.59 Å². The van der Waals surface area contributed by atoms with Crippen molar-refractivity contribution in [3.05, 3.63) is 0 Å². The smallest absolute Gasteiger partial charge is 0.242 e. The van der Waals surface area contributed by atoms with Crippen molar-refractivity contribution >= 4 is 24.2 Å². The molecule has 1 fully saturated rings. The zero-order valence-electron chi connectivity index (χ0n) is 12.4. The summed E-state index contributed by atoms with van der Waals surface area (Å²) < 4.78 is 0. The van der Waals surface area contributed by atoms with Crippen molar-refractivity contribution in [1.29, 1.82) is 0 Å². The minimum Gasteiger partial charge on any atom is -0.342 e. The number of hydrogen-bond acceptors (Lipinski definition) is 3. The Morgan fingerprint density at radius 3 is 2.26 bits per heavy atom. The largest absolute Gasteiger partial charge is 0.342 e. The molecule has 0 aliphatic carbocycles. The first-order valence-corrected chi connectivity index (χ1v) is 6.68. The number of halogens is 1. The minimum absolute atomic E-state index is 0. The van der Waals surface area contributed by atoms with Gasteiger partial charge >= 0.3 is 0 Å². The van der Waals surface area contributed by atoms with E-state index in [1.54, 1.807) is 16.8 Å². The molecule has 1 saturated heterocycles. The summed E-state index contributed by atoms with van der Waals surface area (Å²) in [4.78, 5) is 27.6. The molecule has 112 valence electrons. The van der Waals surface area contributed by atoms with Crippen LogP contribution in [0.4, 0.5) is 0 Å². The van der Waals surface area contributed by atoms with E-state index in [4.69, 9.17) is 0 Å². The Labute approximate surface area is 122 Å². The SMILES string of the molecule is CCN(CC)C(=O)CN(C)C(=O)C1(C)CCNC1.Cl. The van der Waals surface area contributed by atoms with Gasteiger partial charge in [0.25, 0.3) is 0 Å². The van der Waals surface area contributed by atoms with Gasteiger partial charge in [0.2, 0.25) is 11.8 Å². The number of likely N-dealkylation sites (N-methyl/N-ethyl adjacent to an activating group) is 2. The molecule has 0 aromatic heterocycles. The van der Waals surface area contributed by atoms with Crippen molar-refractivity contribution in [2.45, 2.75) is 27.2 Å². The van der Waals surface area contributed by atoms with Gasteiger partial charge in [-0.2, -0.15) is 0 Å². The highest BCUT2D eigenvalue weighted by atomic mass is 35.5. The molecule has 0 radical (unpaired) electrons.